The van der Waals surface area contributed by atoms with E-state index in [-0.39, 0.29) is 29.4 Å². The lowest BCUT2D eigenvalue weighted by Crippen LogP contribution is -2.43. The van der Waals surface area contributed by atoms with Crippen LogP contribution >= 0.6 is 24.0 Å². The van der Waals surface area contributed by atoms with Crippen molar-refractivity contribution in [2.24, 2.45) is 11.7 Å². The number of sulfone groups is 1. The van der Waals surface area contributed by atoms with Crippen molar-refractivity contribution in [3.63, 3.8) is 0 Å². The number of hydrogen-bond donors (Lipinski definition) is 5. The molecule has 12 heteroatoms. The average Bonchev–Trinajstić information content (AvgIpc) is 3.46. The Hall–Kier alpha value is -1.83. The quantitative estimate of drug-likeness (QED) is 0.322. The van der Waals surface area contributed by atoms with Crippen molar-refractivity contribution >= 4 is 33.8 Å². The minimum absolute atomic E-state index is 0.0942. The van der Waals surface area contributed by atoms with Gasteiger partial charge >= 0.3 is 0 Å². The van der Waals surface area contributed by atoms with Crippen molar-refractivity contribution in [1.29, 1.82) is 0 Å². The van der Waals surface area contributed by atoms with Crippen molar-refractivity contribution in [1.82, 2.24) is 20.5 Å². The van der Waals surface area contributed by atoms with E-state index in [1.807, 2.05) is 23.9 Å². The molecule has 1 aromatic rings. The standard InChI is InChI=1S/C23H31N5O4S3/c24-18-10-16(32-20(13-29)14-1-2-25-21(33)9-14)7-15-8-19(27-22(15)18)23-26-11-17(34-23)12-28-3-5-35(30,31)6-4-28/h1-2,8-10,15,17,20,23,26-27,29H,3-7,11-13,24H2,(H,25,33). The predicted octanol–water partition coefficient (Wildman–Crippen LogP) is 1.12. The van der Waals surface area contributed by atoms with Gasteiger partial charge in [0.2, 0.25) is 0 Å². The summed E-state index contributed by atoms with van der Waals surface area (Å²) in [5.41, 5.74) is 9.93. The Morgan fingerprint density at radius 3 is 2.89 bits per heavy atom. The van der Waals surface area contributed by atoms with Crippen LogP contribution in [0.1, 0.15) is 18.1 Å². The molecule has 0 saturated carbocycles. The molecule has 0 bridgehead atoms. The number of rotatable bonds is 7. The second kappa shape index (κ2) is 10.3. The van der Waals surface area contributed by atoms with Crippen LogP contribution in [0.15, 0.2) is 53.3 Å². The maximum atomic E-state index is 11.7. The fourth-order valence-electron chi connectivity index (χ4n) is 4.89. The van der Waals surface area contributed by atoms with Gasteiger partial charge in [-0.05, 0) is 17.7 Å². The number of aliphatic hydroxyl groups is 1. The molecule has 5 rings (SSSR count). The number of aromatic amines is 1. The smallest absolute Gasteiger partial charge is 0.152 e. The lowest BCUT2D eigenvalue weighted by atomic mass is 9.95. The molecule has 0 spiro atoms. The van der Waals surface area contributed by atoms with Crippen LogP contribution in [-0.2, 0) is 14.6 Å². The van der Waals surface area contributed by atoms with Gasteiger partial charge in [0.05, 0.1) is 29.2 Å². The second-order valence-corrected chi connectivity index (χ2v) is 13.5. The number of aromatic nitrogens is 1. The molecule has 0 aromatic carbocycles. The van der Waals surface area contributed by atoms with Gasteiger partial charge in [-0.2, -0.15) is 0 Å². The fourth-order valence-corrected chi connectivity index (χ4v) is 7.72. The van der Waals surface area contributed by atoms with Crippen molar-refractivity contribution in [3.8, 4) is 0 Å². The Bertz CT molecular complexity index is 1210. The summed E-state index contributed by atoms with van der Waals surface area (Å²) in [5, 5.41) is 17.5. The number of nitrogens with zero attached hydrogens (tertiary/aromatic N) is 1. The van der Waals surface area contributed by atoms with E-state index in [1.54, 1.807) is 12.3 Å². The van der Waals surface area contributed by atoms with E-state index in [9.17, 15) is 13.5 Å². The van der Waals surface area contributed by atoms with Crippen LogP contribution in [0.2, 0.25) is 0 Å². The normalized spacial score (nSPS) is 29.2. The van der Waals surface area contributed by atoms with Gasteiger partial charge in [0.15, 0.2) is 9.84 Å². The Labute approximate surface area is 214 Å². The summed E-state index contributed by atoms with van der Waals surface area (Å²) in [6.07, 6.45) is 5.94. The summed E-state index contributed by atoms with van der Waals surface area (Å²) < 4.78 is 30.1. The minimum Gasteiger partial charge on any atom is -0.488 e. The van der Waals surface area contributed by atoms with Crippen LogP contribution in [0.3, 0.4) is 0 Å². The van der Waals surface area contributed by atoms with E-state index >= 15 is 0 Å². The highest BCUT2D eigenvalue weighted by Crippen LogP contribution is 2.38. The van der Waals surface area contributed by atoms with Crippen LogP contribution in [0, 0.1) is 10.6 Å². The third kappa shape index (κ3) is 5.78. The molecule has 6 N–H and O–H groups in total. The molecule has 0 radical (unpaired) electrons. The molecule has 3 aliphatic heterocycles. The zero-order valence-corrected chi connectivity index (χ0v) is 21.7. The van der Waals surface area contributed by atoms with E-state index in [0.29, 0.717) is 35.1 Å². The largest absolute Gasteiger partial charge is 0.488 e. The number of nitrogens with one attached hydrogen (secondary N) is 3. The third-order valence-corrected chi connectivity index (χ3v) is 9.99. The number of allylic oxidation sites excluding steroid dienone is 3. The average molecular weight is 538 g/mol. The molecular formula is C23H31N5O4S3. The van der Waals surface area contributed by atoms with Gasteiger partial charge in [-0.25, -0.2) is 8.42 Å². The topological polar surface area (TPSA) is 133 Å². The first kappa shape index (κ1) is 24.8. The van der Waals surface area contributed by atoms with Crippen LogP contribution in [0.5, 0.6) is 0 Å². The molecule has 2 saturated heterocycles. The number of hydrogen-bond acceptors (Lipinski definition) is 10. The zero-order chi connectivity index (χ0) is 24.6. The summed E-state index contributed by atoms with van der Waals surface area (Å²) in [6.45, 7) is 2.84. The first-order valence-electron chi connectivity index (χ1n) is 11.8. The SMILES string of the molecule is NC1=C2NC(C3NCC(CN4CCS(=O)(=O)CC4)S3)=CC2CC(OC(CO)c2cc[nH]c(=S)c2)=C1. The Kier molecular flexibility index (Phi) is 7.29. The highest BCUT2D eigenvalue weighted by molar-refractivity contribution is 8.01. The minimum atomic E-state index is -2.86. The fraction of sp³-hybridized carbons (Fsp3) is 0.522. The van der Waals surface area contributed by atoms with E-state index in [0.717, 1.165) is 35.8 Å². The maximum absolute atomic E-state index is 11.7. The summed E-state index contributed by atoms with van der Waals surface area (Å²) in [4.78, 5) is 5.19. The monoisotopic (exact) mass is 537 g/mol. The van der Waals surface area contributed by atoms with Crippen LogP contribution in [0.4, 0.5) is 0 Å². The Morgan fingerprint density at radius 1 is 1.34 bits per heavy atom. The molecule has 35 heavy (non-hydrogen) atoms. The molecule has 1 aliphatic carbocycles. The van der Waals surface area contributed by atoms with Crippen molar-refractivity contribution < 1.29 is 18.3 Å². The summed E-state index contributed by atoms with van der Waals surface area (Å²) in [7, 11) is -2.86. The molecule has 4 atom stereocenters. The van der Waals surface area contributed by atoms with Crippen molar-refractivity contribution in [2.75, 3.05) is 44.3 Å². The van der Waals surface area contributed by atoms with Crippen LogP contribution in [0.25, 0.3) is 0 Å². The summed E-state index contributed by atoms with van der Waals surface area (Å²) in [6, 6.07) is 3.64. The first-order chi connectivity index (χ1) is 16.8. The second-order valence-electron chi connectivity index (χ2n) is 9.31. The number of thioether (sulfide) groups is 1. The van der Waals surface area contributed by atoms with Crippen molar-refractivity contribution in [3.05, 3.63) is 63.5 Å². The molecule has 4 aliphatic rings. The van der Waals surface area contributed by atoms with E-state index < -0.39 is 15.9 Å². The molecule has 1 aromatic heterocycles. The Balaban J connectivity index is 1.19. The third-order valence-electron chi connectivity index (χ3n) is 6.75. The first-order valence-corrected chi connectivity index (χ1v) is 14.9. The van der Waals surface area contributed by atoms with Gasteiger partial charge in [-0.3, -0.25) is 5.32 Å². The highest BCUT2D eigenvalue weighted by Gasteiger charge is 2.36. The number of nitrogens with two attached hydrogens (primary N) is 1. The molecule has 0 amide bonds. The highest BCUT2D eigenvalue weighted by atomic mass is 32.2. The number of H-pyrrole nitrogens is 1. The number of ether oxygens (including phenoxy) is 1. The molecular weight excluding hydrogens is 506 g/mol. The van der Waals surface area contributed by atoms with E-state index in [2.05, 4.69) is 26.6 Å². The number of aliphatic hydroxyl groups excluding tert-OH is 1. The van der Waals surface area contributed by atoms with E-state index in [4.69, 9.17) is 22.7 Å². The maximum Gasteiger partial charge on any atom is 0.152 e. The van der Waals surface area contributed by atoms with Gasteiger partial charge < -0.3 is 30.8 Å². The van der Waals surface area contributed by atoms with Crippen LogP contribution < -0.4 is 16.4 Å². The molecule has 2 fully saturated rings. The van der Waals surface area contributed by atoms with Gasteiger partial charge in [0.25, 0.3) is 0 Å². The van der Waals surface area contributed by atoms with E-state index in [1.165, 1.54) is 0 Å². The number of fused-ring (bicyclic) bond motifs is 1. The molecule has 9 nitrogen and oxygen atoms in total. The molecule has 4 unspecified atom stereocenters. The van der Waals surface area contributed by atoms with Gasteiger partial charge in [-0.15, -0.1) is 11.8 Å². The predicted molar refractivity (Wildman–Crippen MR) is 139 cm³/mol. The van der Waals surface area contributed by atoms with Gasteiger partial charge in [0.1, 0.15) is 16.5 Å². The summed E-state index contributed by atoms with van der Waals surface area (Å²) in [5.74, 6) is 1.35. The lowest BCUT2D eigenvalue weighted by molar-refractivity contribution is 0.0517. The molecule has 4 heterocycles. The van der Waals surface area contributed by atoms with Crippen LogP contribution in [-0.4, -0.2) is 78.3 Å². The van der Waals surface area contributed by atoms with Gasteiger partial charge in [0, 0.05) is 67.4 Å². The summed E-state index contributed by atoms with van der Waals surface area (Å²) >= 11 is 7.07. The van der Waals surface area contributed by atoms with Crippen molar-refractivity contribution in [2.45, 2.75) is 23.1 Å². The zero-order valence-electron chi connectivity index (χ0n) is 19.3. The molecule has 190 valence electrons. The Morgan fingerprint density at radius 2 is 2.14 bits per heavy atom. The lowest BCUT2D eigenvalue weighted by Gasteiger charge is -2.28. The van der Waals surface area contributed by atoms with Gasteiger partial charge in [-0.1, -0.05) is 18.3 Å². The number of pyridine rings is 1.